The van der Waals surface area contributed by atoms with E-state index in [1.54, 1.807) is 6.21 Å². The normalized spacial score (nSPS) is 11.2. The molecule has 0 aliphatic heterocycles. The number of rotatable bonds is 4. The average Bonchev–Trinajstić information content (AvgIpc) is 2.88. The van der Waals surface area contributed by atoms with Crippen LogP contribution in [0.4, 0.5) is 0 Å². The predicted octanol–water partition coefficient (Wildman–Crippen LogP) is 3.46. The lowest BCUT2D eigenvalue weighted by Crippen LogP contribution is -2.31. The molecule has 0 atom stereocenters. The van der Waals surface area contributed by atoms with E-state index >= 15 is 0 Å². The minimum atomic E-state index is 0.523. The van der Waals surface area contributed by atoms with Crippen LogP contribution in [0, 0.1) is 13.8 Å². The summed E-state index contributed by atoms with van der Waals surface area (Å²) in [4.78, 5) is 4.38. The van der Waals surface area contributed by atoms with Crippen LogP contribution in [-0.2, 0) is 0 Å². The summed E-state index contributed by atoms with van der Waals surface area (Å²) in [5.74, 6) is 0. The molecule has 6 heteroatoms. The Morgan fingerprint density at radius 2 is 2.12 bits per heavy atom. The second-order valence-corrected chi connectivity index (χ2v) is 6.18. The maximum Gasteiger partial charge on any atom is 0.186 e. The summed E-state index contributed by atoms with van der Waals surface area (Å²) in [6.45, 7) is 6.94. The zero-order valence-electron chi connectivity index (χ0n) is 14.6. The molecule has 0 saturated carbocycles. The number of hydrazone groups is 1. The Labute approximate surface area is 152 Å². The molecule has 128 valence electrons. The van der Waals surface area contributed by atoms with Gasteiger partial charge in [-0.15, -0.1) is 0 Å². The van der Waals surface area contributed by atoms with Gasteiger partial charge in [0.1, 0.15) is 0 Å². The van der Waals surface area contributed by atoms with Crippen molar-refractivity contribution in [3.63, 3.8) is 0 Å². The number of aromatic nitrogens is 2. The van der Waals surface area contributed by atoms with Crippen molar-refractivity contribution in [2.24, 2.45) is 5.10 Å². The van der Waals surface area contributed by atoms with Crippen molar-refractivity contribution < 1.29 is 0 Å². The van der Waals surface area contributed by atoms with Crippen LogP contribution in [-0.4, -0.2) is 27.4 Å². The van der Waals surface area contributed by atoms with Gasteiger partial charge in [-0.05, 0) is 63.3 Å². The molecule has 5 nitrogen and oxygen atoms in total. The fourth-order valence-corrected chi connectivity index (χ4v) is 3.08. The first kappa shape index (κ1) is 17.1. The molecule has 0 saturated heterocycles. The number of aryl methyl sites for hydroxylation is 1. The molecule has 0 spiro atoms. The number of benzene rings is 1. The van der Waals surface area contributed by atoms with Crippen molar-refractivity contribution in [3.05, 3.63) is 59.5 Å². The molecule has 0 aliphatic rings. The molecule has 25 heavy (non-hydrogen) atoms. The van der Waals surface area contributed by atoms with Crippen LogP contribution < -0.4 is 10.7 Å². The number of nitrogens with one attached hydrogen (secondary N) is 2. The molecule has 0 aliphatic carbocycles. The molecule has 0 radical (unpaired) electrons. The highest BCUT2D eigenvalue weighted by Gasteiger charge is 2.10. The van der Waals surface area contributed by atoms with E-state index in [4.69, 9.17) is 12.2 Å². The molecular weight excluding hydrogens is 330 g/mol. The first-order valence-corrected chi connectivity index (χ1v) is 8.62. The molecule has 2 N–H and O–H groups in total. The van der Waals surface area contributed by atoms with Gasteiger partial charge in [0.25, 0.3) is 0 Å². The lowest BCUT2D eigenvalue weighted by Gasteiger charge is -2.10. The van der Waals surface area contributed by atoms with E-state index in [0.717, 1.165) is 40.1 Å². The van der Waals surface area contributed by atoms with Crippen molar-refractivity contribution >= 4 is 34.4 Å². The Morgan fingerprint density at radius 3 is 2.92 bits per heavy atom. The number of nitrogens with zero attached hydrogens (tertiary/aromatic N) is 3. The van der Waals surface area contributed by atoms with E-state index in [1.165, 1.54) is 0 Å². The van der Waals surface area contributed by atoms with E-state index in [1.807, 2.05) is 25.3 Å². The third kappa shape index (κ3) is 3.69. The lowest BCUT2D eigenvalue weighted by molar-refractivity contribution is 0.903. The van der Waals surface area contributed by atoms with Crippen molar-refractivity contribution in [1.82, 2.24) is 20.3 Å². The maximum atomic E-state index is 5.11. The summed E-state index contributed by atoms with van der Waals surface area (Å²) in [7, 11) is 0. The van der Waals surface area contributed by atoms with Crippen LogP contribution >= 0.6 is 12.2 Å². The summed E-state index contributed by atoms with van der Waals surface area (Å²) in [6.07, 6.45) is 3.61. The van der Waals surface area contributed by atoms with Gasteiger partial charge in [-0.1, -0.05) is 6.07 Å². The fourth-order valence-electron chi connectivity index (χ4n) is 2.88. The summed E-state index contributed by atoms with van der Waals surface area (Å²) >= 11 is 5.11. The molecule has 2 aromatic heterocycles. The van der Waals surface area contributed by atoms with Crippen LogP contribution in [0.2, 0.25) is 0 Å². The highest BCUT2D eigenvalue weighted by atomic mass is 32.1. The zero-order valence-corrected chi connectivity index (χ0v) is 15.4. The third-order valence-electron chi connectivity index (χ3n) is 4.02. The Hall–Kier alpha value is -2.73. The van der Waals surface area contributed by atoms with Gasteiger partial charge in [-0.25, -0.2) is 0 Å². The minimum absolute atomic E-state index is 0.523. The molecule has 3 rings (SSSR count). The van der Waals surface area contributed by atoms with E-state index in [0.29, 0.717) is 5.11 Å². The molecule has 0 amide bonds. The number of hydrogen-bond donors (Lipinski definition) is 2. The minimum Gasteiger partial charge on any atom is -0.362 e. The van der Waals surface area contributed by atoms with Crippen LogP contribution in [0.15, 0.2) is 47.7 Å². The number of fused-ring (bicyclic) bond motifs is 1. The van der Waals surface area contributed by atoms with E-state index in [9.17, 15) is 0 Å². The maximum absolute atomic E-state index is 5.11. The lowest BCUT2D eigenvalue weighted by atomic mass is 10.2. The summed E-state index contributed by atoms with van der Waals surface area (Å²) in [5, 5.41) is 8.87. The SMILES string of the molecule is CCNC(=S)N/N=C\c1cc(C)n(-c2ccc3ncccc3c2)c1C. The van der Waals surface area contributed by atoms with E-state index in [-0.39, 0.29) is 0 Å². The van der Waals surface area contributed by atoms with Gasteiger partial charge in [-0.2, -0.15) is 5.10 Å². The standard InChI is InChI=1S/C19H21N5S/c1-4-20-19(25)23-22-12-16-10-13(2)24(14(16)3)17-7-8-18-15(11-17)6-5-9-21-18/h5-12H,4H2,1-3H3,(H2,20,23,25)/b22-12-. The topological polar surface area (TPSA) is 54.2 Å². The van der Waals surface area contributed by atoms with Crippen LogP contribution in [0.25, 0.3) is 16.6 Å². The fraction of sp³-hybridized carbons (Fsp3) is 0.211. The van der Waals surface area contributed by atoms with Gasteiger partial charge >= 0.3 is 0 Å². The van der Waals surface area contributed by atoms with E-state index < -0.39 is 0 Å². The van der Waals surface area contributed by atoms with Gasteiger partial charge in [0.15, 0.2) is 5.11 Å². The first-order chi connectivity index (χ1) is 12.1. The van der Waals surface area contributed by atoms with Crippen LogP contribution in [0.1, 0.15) is 23.9 Å². The monoisotopic (exact) mass is 351 g/mol. The van der Waals surface area contributed by atoms with Crippen molar-refractivity contribution in [3.8, 4) is 5.69 Å². The number of hydrogen-bond acceptors (Lipinski definition) is 3. The van der Waals surface area contributed by atoms with Gasteiger partial charge < -0.3 is 9.88 Å². The molecule has 3 aromatic rings. The molecule has 0 bridgehead atoms. The van der Waals surface area contributed by atoms with Crippen LogP contribution in [0.5, 0.6) is 0 Å². The van der Waals surface area contributed by atoms with Gasteiger partial charge in [0.05, 0.1) is 11.7 Å². The van der Waals surface area contributed by atoms with Gasteiger partial charge in [-0.3, -0.25) is 10.4 Å². The largest absolute Gasteiger partial charge is 0.362 e. The van der Waals surface area contributed by atoms with Gasteiger partial charge in [0, 0.05) is 40.8 Å². The van der Waals surface area contributed by atoms with Crippen LogP contribution in [0.3, 0.4) is 0 Å². The molecule has 0 fully saturated rings. The Kier molecular flexibility index (Phi) is 5.09. The third-order valence-corrected chi connectivity index (χ3v) is 4.26. The molecule has 1 aromatic carbocycles. The highest BCUT2D eigenvalue weighted by Crippen LogP contribution is 2.22. The Morgan fingerprint density at radius 1 is 1.28 bits per heavy atom. The molecular formula is C19H21N5S. The average molecular weight is 351 g/mol. The first-order valence-electron chi connectivity index (χ1n) is 8.21. The highest BCUT2D eigenvalue weighted by molar-refractivity contribution is 7.80. The van der Waals surface area contributed by atoms with Crippen molar-refractivity contribution in [2.45, 2.75) is 20.8 Å². The van der Waals surface area contributed by atoms with Gasteiger partial charge in [0.2, 0.25) is 0 Å². The van der Waals surface area contributed by atoms with Crippen molar-refractivity contribution in [1.29, 1.82) is 0 Å². The molecule has 2 heterocycles. The van der Waals surface area contributed by atoms with E-state index in [2.05, 4.69) is 63.5 Å². The number of thiocarbonyl (C=S) groups is 1. The zero-order chi connectivity index (χ0) is 17.8. The second-order valence-electron chi connectivity index (χ2n) is 5.77. The quantitative estimate of drug-likeness (QED) is 0.429. The number of pyridine rings is 1. The Balaban J connectivity index is 1.90. The van der Waals surface area contributed by atoms with Crippen molar-refractivity contribution in [2.75, 3.05) is 6.54 Å². The summed E-state index contributed by atoms with van der Waals surface area (Å²) in [5.41, 5.74) is 8.26. The Bertz CT molecular complexity index is 942. The predicted molar refractivity (Wildman–Crippen MR) is 108 cm³/mol. The second kappa shape index (κ2) is 7.44. The summed E-state index contributed by atoms with van der Waals surface area (Å²) in [6, 6.07) is 12.4. The smallest absolute Gasteiger partial charge is 0.186 e. The molecule has 0 unspecified atom stereocenters. The summed E-state index contributed by atoms with van der Waals surface area (Å²) < 4.78 is 2.22.